The van der Waals surface area contributed by atoms with Gasteiger partial charge in [0.2, 0.25) is 0 Å². The number of nitrogens with zero attached hydrogens (tertiary/aromatic N) is 3. The van der Waals surface area contributed by atoms with Crippen molar-refractivity contribution < 1.29 is 0 Å². The standard InChI is InChI=1S/C54H33N3/c1-3-16-34(17-4-1)48-32-30-46-51(55-48)57-50-44(53(46)40-24-11-7-20-36(40)37-21-8-12-25-41(37)53)28-15-29-45(50)54(42-26-13-9-22-38(42)39-23-10-14-27-43(39)54)47-31-33-49(56-52(47)57)35-18-5-2-6-19-35/h1-33H. The summed E-state index contributed by atoms with van der Waals surface area (Å²) >= 11 is 0. The molecule has 7 aromatic carbocycles. The van der Waals surface area contributed by atoms with Crippen molar-refractivity contribution in [2.45, 2.75) is 10.8 Å². The maximum absolute atomic E-state index is 5.77. The highest BCUT2D eigenvalue weighted by molar-refractivity contribution is 6.01. The summed E-state index contributed by atoms with van der Waals surface area (Å²) in [7, 11) is 0. The number of para-hydroxylation sites is 1. The lowest BCUT2D eigenvalue weighted by atomic mass is 9.60. The van der Waals surface area contributed by atoms with Gasteiger partial charge in [0.05, 0.1) is 27.9 Å². The zero-order valence-electron chi connectivity index (χ0n) is 30.9. The molecule has 0 bridgehead atoms. The highest BCUT2D eigenvalue weighted by atomic mass is 15.3. The molecule has 0 saturated heterocycles. The van der Waals surface area contributed by atoms with Crippen LogP contribution < -0.4 is 4.90 Å². The van der Waals surface area contributed by atoms with Crippen molar-refractivity contribution in [3.8, 4) is 44.8 Å². The maximum atomic E-state index is 5.77. The summed E-state index contributed by atoms with van der Waals surface area (Å²) in [5.74, 6) is 1.83. The highest BCUT2D eigenvalue weighted by Gasteiger charge is 2.59. The van der Waals surface area contributed by atoms with Gasteiger partial charge in [-0.3, -0.25) is 4.90 Å². The van der Waals surface area contributed by atoms with E-state index in [-0.39, 0.29) is 0 Å². The van der Waals surface area contributed by atoms with Gasteiger partial charge in [0.25, 0.3) is 0 Å². The van der Waals surface area contributed by atoms with E-state index >= 15 is 0 Å². The van der Waals surface area contributed by atoms with Crippen LogP contribution in [0.1, 0.15) is 44.5 Å². The molecule has 0 N–H and O–H groups in total. The van der Waals surface area contributed by atoms with Crippen LogP contribution in [0.2, 0.25) is 0 Å². The predicted octanol–water partition coefficient (Wildman–Crippen LogP) is 12.6. The molecule has 4 heterocycles. The van der Waals surface area contributed by atoms with Crippen molar-refractivity contribution in [1.29, 1.82) is 0 Å². The van der Waals surface area contributed by atoms with Crippen LogP contribution in [0.25, 0.3) is 44.8 Å². The molecule has 264 valence electrons. The molecule has 0 fully saturated rings. The van der Waals surface area contributed by atoms with Gasteiger partial charge in [-0.2, -0.15) is 0 Å². The Bertz CT molecular complexity index is 2850. The molecule has 2 aliphatic carbocycles. The molecule has 0 radical (unpaired) electrons. The Balaban J connectivity index is 1.24. The molecule has 0 atom stereocenters. The number of hydrogen-bond donors (Lipinski definition) is 0. The number of anilines is 3. The number of benzene rings is 7. The third-order valence-electron chi connectivity index (χ3n) is 13.1. The predicted molar refractivity (Wildman–Crippen MR) is 229 cm³/mol. The van der Waals surface area contributed by atoms with Crippen LogP contribution in [0.5, 0.6) is 0 Å². The summed E-state index contributed by atoms with van der Waals surface area (Å²) in [6.07, 6.45) is 0. The van der Waals surface area contributed by atoms with Crippen LogP contribution in [0.15, 0.2) is 200 Å². The Morgan fingerprint density at radius 2 is 0.614 bits per heavy atom. The normalized spacial score (nSPS) is 14.9. The van der Waals surface area contributed by atoms with Gasteiger partial charge in [-0.15, -0.1) is 0 Å². The summed E-state index contributed by atoms with van der Waals surface area (Å²) < 4.78 is 0. The number of rotatable bonds is 2. The molecule has 2 spiro atoms. The van der Waals surface area contributed by atoms with Gasteiger partial charge in [0.1, 0.15) is 11.6 Å². The minimum Gasteiger partial charge on any atom is -0.278 e. The Hall–Kier alpha value is -7.36. The second-order valence-electron chi connectivity index (χ2n) is 15.6. The highest BCUT2D eigenvalue weighted by Crippen LogP contribution is 2.69. The second-order valence-corrected chi connectivity index (χ2v) is 15.6. The summed E-state index contributed by atoms with van der Waals surface area (Å²) in [5, 5.41) is 0. The fourth-order valence-electron chi connectivity index (χ4n) is 11.0. The first-order valence-corrected chi connectivity index (χ1v) is 19.8. The number of pyridine rings is 2. The number of aromatic nitrogens is 2. The van der Waals surface area contributed by atoms with E-state index in [1.807, 2.05) is 0 Å². The molecular formula is C54H33N3. The van der Waals surface area contributed by atoms with Crippen LogP contribution in [-0.4, -0.2) is 9.97 Å². The van der Waals surface area contributed by atoms with Gasteiger partial charge in [-0.05, 0) is 67.8 Å². The van der Waals surface area contributed by atoms with E-state index in [2.05, 4.69) is 205 Å². The lowest BCUT2D eigenvalue weighted by molar-refractivity contribution is 0.698. The van der Waals surface area contributed by atoms with Crippen LogP contribution in [0.3, 0.4) is 0 Å². The first-order chi connectivity index (χ1) is 28.3. The Morgan fingerprint density at radius 3 is 1.00 bits per heavy atom. The van der Waals surface area contributed by atoms with E-state index in [0.29, 0.717) is 0 Å². The van der Waals surface area contributed by atoms with Gasteiger partial charge in [0, 0.05) is 22.3 Å². The van der Waals surface area contributed by atoms with Crippen molar-refractivity contribution in [2.24, 2.45) is 0 Å². The molecule has 2 aromatic heterocycles. The zero-order valence-corrected chi connectivity index (χ0v) is 30.9. The molecular weight excluding hydrogens is 691 g/mol. The van der Waals surface area contributed by atoms with Gasteiger partial charge in [0.15, 0.2) is 0 Å². The minimum absolute atomic E-state index is 0.625. The van der Waals surface area contributed by atoms with E-state index in [1.165, 1.54) is 55.6 Å². The van der Waals surface area contributed by atoms with E-state index in [1.54, 1.807) is 0 Å². The Labute approximate surface area is 331 Å². The minimum atomic E-state index is -0.625. The van der Waals surface area contributed by atoms with Crippen LogP contribution in [0.4, 0.5) is 17.3 Å². The molecule has 4 aliphatic rings. The first-order valence-electron chi connectivity index (χ1n) is 19.8. The van der Waals surface area contributed by atoms with E-state index in [9.17, 15) is 0 Å². The van der Waals surface area contributed by atoms with E-state index in [0.717, 1.165) is 51.0 Å². The summed E-state index contributed by atoms with van der Waals surface area (Å²) in [4.78, 5) is 14.0. The van der Waals surface area contributed by atoms with E-state index in [4.69, 9.17) is 9.97 Å². The fraction of sp³-hybridized carbons (Fsp3) is 0.0370. The van der Waals surface area contributed by atoms with Gasteiger partial charge in [-0.1, -0.05) is 188 Å². The molecule has 9 aromatic rings. The first kappa shape index (κ1) is 30.9. The van der Waals surface area contributed by atoms with Gasteiger partial charge >= 0.3 is 0 Å². The number of hydrogen-bond acceptors (Lipinski definition) is 3. The third-order valence-corrected chi connectivity index (χ3v) is 13.1. The molecule has 0 amide bonds. The Kier molecular flexibility index (Phi) is 6.03. The molecule has 2 aliphatic heterocycles. The average molecular weight is 724 g/mol. The van der Waals surface area contributed by atoms with Crippen molar-refractivity contribution >= 4 is 17.3 Å². The molecule has 0 unspecified atom stereocenters. The van der Waals surface area contributed by atoms with Crippen LogP contribution in [0, 0.1) is 0 Å². The van der Waals surface area contributed by atoms with Gasteiger partial charge in [-0.25, -0.2) is 9.97 Å². The molecule has 3 nitrogen and oxygen atoms in total. The largest absolute Gasteiger partial charge is 0.278 e. The lowest BCUT2D eigenvalue weighted by Crippen LogP contribution is -2.43. The van der Waals surface area contributed by atoms with Crippen molar-refractivity contribution in [2.75, 3.05) is 4.90 Å². The smallest absolute Gasteiger partial charge is 0.144 e. The second kappa shape index (κ2) is 11.1. The number of fused-ring (bicyclic) bond motifs is 18. The molecule has 13 rings (SSSR count). The van der Waals surface area contributed by atoms with Crippen molar-refractivity contribution in [3.05, 3.63) is 245 Å². The molecule has 57 heavy (non-hydrogen) atoms. The van der Waals surface area contributed by atoms with Crippen molar-refractivity contribution in [3.63, 3.8) is 0 Å². The molecule has 3 heteroatoms. The Morgan fingerprint density at radius 1 is 0.281 bits per heavy atom. The lowest BCUT2D eigenvalue weighted by Gasteiger charge is -2.50. The fourth-order valence-corrected chi connectivity index (χ4v) is 11.0. The van der Waals surface area contributed by atoms with Crippen LogP contribution >= 0.6 is 0 Å². The quantitative estimate of drug-likeness (QED) is 0.178. The summed E-state index contributed by atoms with van der Waals surface area (Å²) in [6, 6.07) is 73.4. The topological polar surface area (TPSA) is 29.0 Å². The monoisotopic (exact) mass is 723 g/mol. The van der Waals surface area contributed by atoms with Crippen LogP contribution in [-0.2, 0) is 10.8 Å². The zero-order chi connectivity index (χ0) is 37.3. The van der Waals surface area contributed by atoms with Gasteiger partial charge < -0.3 is 0 Å². The average Bonchev–Trinajstić information content (AvgIpc) is 3.75. The molecule has 0 saturated carbocycles. The summed E-state index contributed by atoms with van der Waals surface area (Å²) in [6.45, 7) is 0. The third kappa shape index (κ3) is 3.72. The maximum Gasteiger partial charge on any atom is 0.144 e. The van der Waals surface area contributed by atoms with Crippen molar-refractivity contribution in [1.82, 2.24) is 9.97 Å². The summed E-state index contributed by atoms with van der Waals surface area (Å²) in [5.41, 5.74) is 19.0. The van der Waals surface area contributed by atoms with E-state index < -0.39 is 10.8 Å². The SMILES string of the molecule is c1ccc(-c2ccc3c(n2)N2c4nc(-c5ccccc5)ccc4C4(c5ccccc5-c5ccccc54)c4cccc(c42)C32c3ccccc3-c3ccccc32)cc1.